The summed E-state index contributed by atoms with van der Waals surface area (Å²) in [5.41, 5.74) is 3.55. The van der Waals surface area contributed by atoms with Gasteiger partial charge in [-0.05, 0) is 66.6 Å². The fourth-order valence-corrected chi connectivity index (χ4v) is 3.41. The lowest BCUT2D eigenvalue weighted by atomic mass is 9.78. The van der Waals surface area contributed by atoms with Crippen molar-refractivity contribution in [1.82, 2.24) is 0 Å². The van der Waals surface area contributed by atoms with Gasteiger partial charge in [-0.15, -0.1) is 0 Å². The molecule has 0 N–H and O–H groups in total. The lowest BCUT2D eigenvalue weighted by molar-refractivity contribution is 0.481. The summed E-state index contributed by atoms with van der Waals surface area (Å²) in [6, 6.07) is 34.6. The first-order chi connectivity index (χ1) is 15.5. The van der Waals surface area contributed by atoms with E-state index in [0.29, 0.717) is 0 Å². The Kier molecular flexibility index (Phi) is 7.72. The van der Waals surface area contributed by atoms with E-state index in [9.17, 15) is 0 Å². The van der Waals surface area contributed by atoms with Crippen LogP contribution in [0, 0.1) is 6.92 Å². The van der Waals surface area contributed by atoms with Crippen molar-refractivity contribution in [2.24, 2.45) is 0 Å². The Morgan fingerprint density at radius 3 is 1.22 bits per heavy atom. The zero-order chi connectivity index (χ0) is 23.0. The summed E-state index contributed by atoms with van der Waals surface area (Å²) in [5, 5.41) is 0. The van der Waals surface area contributed by atoms with Crippen LogP contribution >= 0.6 is 0 Å². The number of hydrogen-bond acceptors (Lipinski definition) is 2. The van der Waals surface area contributed by atoms with E-state index in [1.165, 1.54) is 16.7 Å². The van der Waals surface area contributed by atoms with E-state index in [-0.39, 0.29) is 5.41 Å². The molecule has 0 aliphatic rings. The van der Waals surface area contributed by atoms with Gasteiger partial charge in [0.2, 0.25) is 0 Å². The summed E-state index contributed by atoms with van der Waals surface area (Å²) in [4.78, 5) is 0. The average Bonchev–Trinajstić information content (AvgIpc) is 2.83. The molecule has 4 aromatic rings. The molecule has 0 heterocycles. The molecule has 0 saturated carbocycles. The molecular formula is C30H32O2. The third-order valence-corrected chi connectivity index (χ3v) is 5.39. The number of aryl methyl sites for hydroxylation is 1. The minimum atomic E-state index is -0.131. The van der Waals surface area contributed by atoms with E-state index in [4.69, 9.17) is 9.47 Å². The minimum Gasteiger partial charge on any atom is -0.457 e. The highest BCUT2D eigenvalue weighted by atomic mass is 16.5. The van der Waals surface area contributed by atoms with E-state index in [2.05, 4.69) is 57.2 Å². The van der Waals surface area contributed by atoms with E-state index >= 15 is 0 Å². The number of hydrogen-bond donors (Lipinski definition) is 0. The van der Waals surface area contributed by atoms with Crippen molar-refractivity contribution < 1.29 is 9.47 Å². The van der Waals surface area contributed by atoms with Crippen LogP contribution < -0.4 is 9.47 Å². The van der Waals surface area contributed by atoms with Gasteiger partial charge in [0.05, 0.1) is 0 Å². The van der Waals surface area contributed by atoms with E-state index < -0.39 is 0 Å². The Hall–Kier alpha value is -3.52. The predicted molar refractivity (Wildman–Crippen MR) is 134 cm³/mol. The monoisotopic (exact) mass is 424 g/mol. The topological polar surface area (TPSA) is 18.5 Å². The van der Waals surface area contributed by atoms with Gasteiger partial charge in [0.1, 0.15) is 23.0 Å². The maximum Gasteiger partial charge on any atom is 0.127 e. The molecule has 0 aromatic heterocycles. The molecule has 4 aromatic carbocycles. The Balaban J connectivity index is 0.00000141. The zero-order valence-electron chi connectivity index (χ0n) is 19.6. The van der Waals surface area contributed by atoms with Gasteiger partial charge >= 0.3 is 0 Å². The van der Waals surface area contributed by atoms with Crippen molar-refractivity contribution in [3.05, 3.63) is 120 Å². The molecule has 0 aliphatic heterocycles. The summed E-state index contributed by atoms with van der Waals surface area (Å²) >= 11 is 0. The van der Waals surface area contributed by atoms with Crippen molar-refractivity contribution in [3.63, 3.8) is 0 Å². The van der Waals surface area contributed by atoms with Gasteiger partial charge in [-0.1, -0.05) is 87.9 Å². The summed E-state index contributed by atoms with van der Waals surface area (Å²) in [7, 11) is 0. The normalized spacial score (nSPS) is 10.7. The number of ether oxygens (including phenoxy) is 2. The van der Waals surface area contributed by atoms with Crippen molar-refractivity contribution in [3.8, 4) is 23.0 Å². The first-order valence-corrected chi connectivity index (χ1v) is 11.2. The number of para-hydroxylation sites is 1. The maximum absolute atomic E-state index is 5.96. The fraction of sp³-hybridized carbons (Fsp3) is 0.200. The van der Waals surface area contributed by atoms with Gasteiger partial charge in [-0.3, -0.25) is 0 Å². The molecule has 0 spiro atoms. The molecule has 2 nitrogen and oxygen atoms in total. The third-order valence-electron chi connectivity index (χ3n) is 5.39. The second kappa shape index (κ2) is 10.7. The average molecular weight is 425 g/mol. The minimum absolute atomic E-state index is 0.131. The Bertz CT molecular complexity index is 1080. The molecule has 0 unspecified atom stereocenters. The molecule has 2 heteroatoms. The van der Waals surface area contributed by atoms with E-state index in [1.54, 1.807) is 0 Å². The molecular weight excluding hydrogens is 392 g/mol. The molecule has 32 heavy (non-hydrogen) atoms. The van der Waals surface area contributed by atoms with Gasteiger partial charge in [0.15, 0.2) is 0 Å². The zero-order valence-corrected chi connectivity index (χ0v) is 19.6. The van der Waals surface area contributed by atoms with Crippen molar-refractivity contribution in [2.45, 2.75) is 40.0 Å². The highest BCUT2D eigenvalue weighted by Crippen LogP contribution is 2.34. The summed E-state index contributed by atoms with van der Waals surface area (Å²) in [6.07, 6.45) is 0. The largest absolute Gasteiger partial charge is 0.457 e. The van der Waals surface area contributed by atoms with Gasteiger partial charge in [0.25, 0.3) is 0 Å². The fourth-order valence-electron chi connectivity index (χ4n) is 3.41. The van der Waals surface area contributed by atoms with Crippen LogP contribution in [0.4, 0.5) is 0 Å². The van der Waals surface area contributed by atoms with Gasteiger partial charge in [-0.25, -0.2) is 0 Å². The second-order valence-corrected chi connectivity index (χ2v) is 8.00. The van der Waals surface area contributed by atoms with Gasteiger partial charge in [-0.2, -0.15) is 0 Å². The van der Waals surface area contributed by atoms with Crippen molar-refractivity contribution >= 4 is 0 Å². The molecule has 0 bridgehead atoms. The van der Waals surface area contributed by atoms with Crippen LogP contribution in [0.3, 0.4) is 0 Å². The Labute approximate surface area is 192 Å². The van der Waals surface area contributed by atoms with Crippen LogP contribution in [0.5, 0.6) is 23.0 Å². The number of rotatable bonds is 6. The van der Waals surface area contributed by atoms with Crippen molar-refractivity contribution in [1.29, 1.82) is 0 Å². The third kappa shape index (κ3) is 5.79. The first kappa shape index (κ1) is 23.1. The second-order valence-electron chi connectivity index (χ2n) is 8.00. The number of benzene rings is 4. The van der Waals surface area contributed by atoms with E-state index in [0.717, 1.165) is 23.0 Å². The van der Waals surface area contributed by atoms with E-state index in [1.807, 2.05) is 80.6 Å². The van der Waals surface area contributed by atoms with Crippen LogP contribution in [0.15, 0.2) is 103 Å². The summed E-state index contributed by atoms with van der Waals surface area (Å²) in [5.74, 6) is 3.36. The quantitative estimate of drug-likeness (QED) is 0.307. The molecule has 0 saturated heterocycles. The van der Waals surface area contributed by atoms with Crippen LogP contribution in [0.1, 0.15) is 44.4 Å². The molecule has 0 amide bonds. The van der Waals surface area contributed by atoms with Gasteiger partial charge in [0, 0.05) is 5.41 Å². The molecule has 164 valence electrons. The SMILES string of the molecule is CC.Cc1ccc(Oc2ccc(C(C)(C)c3ccc(Oc4ccccc4)cc3)cc2)cc1. The lowest BCUT2D eigenvalue weighted by Gasteiger charge is -2.26. The first-order valence-electron chi connectivity index (χ1n) is 11.2. The smallest absolute Gasteiger partial charge is 0.127 e. The molecule has 0 radical (unpaired) electrons. The molecule has 4 rings (SSSR count). The summed E-state index contributed by atoms with van der Waals surface area (Å²) in [6.45, 7) is 10.5. The van der Waals surface area contributed by atoms with Crippen LogP contribution in [0.2, 0.25) is 0 Å². The molecule has 0 aliphatic carbocycles. The van der Waals surface area contributed by atoms with Crippen LogP contribution in [0.25, 0.3) is 0 Å². The van der Waals surface area contributed by atoms with Crippen LogP contribution in [-0.4, -0.2) is 0 Å². The standard InChI is InChI=1S/C28H26O2.C2H6/c1-21-9-15-25(16-10-21)30-27-19-13-23(14-20-27)28(2,3)22-11-17-26(18-12-22)29-24-7-5-4-6-8-24;1-2/h4-20H,1-3H3;1-2H3. The summed E-state index contributed by atoms with van der Waals surface area (Å²) < 4.78 is 11.9. The highest BCUT2D eigenvalue weighted by Gasteiger charge is 2.23. The van der Waals surface area contributed by atoms with Crippen LogP contribution in [-0.2, 0) is 5.41 Å². The Morgan fingerprint density at radius 2 is 0.812 bits per heavy atom. The maximum atomic E-state index is 5.96. The predicted octanol–water partition coefficient (Wildman–Crippen LogP) is 8.93. The molecule has 0 fully saturated rings. The molecule has 0 atom stereocenters. The lowest BCUT2D eigenvalue weighted by Crippen LogP contribution is -2.18. The Morgan fingerprint density at radius 1 is 0.469 bits per heavy atom. The van der Waals surface area contributed by atoms with Gasteiger partial charge < -0.3 is 9.47 Å². The van der Waals surface area contributed by atoms with Crippen molar-refractivity contribution in [2.75, 3.05) is 0 Å². The highest BCUT2D eigenvalue weighted by molar-refractivity contribution is 5.43.